The fourth-order valence-corrected chi connectivity index (χ4v) is 18.6. The Hall–Kier alpha value is -4.52. The average molecular weight is 1050 g/mol. The second kappa shape index (κ2) is 22.4. The number of allylic oxidation sites excluding steroid dienone is 4. The fraction of sp³-hybridized carbons (Fsp3) is 0.526. The first-order valence-electron chi connectivity index (χ1n) is 25.4. The van der Waals surface area contributed by atoms with Gasteiger partial charge in [-0.2, -0.15) is 0 Å². The summed E-state index contributed by atoms with van der Waals surface area (Å²) in [5.74, 6) is -27.6. The summed E-state index contributed by atoms with van der Waals surface area (Å²) in [7, 11) is 2.16. The summed E-state index contributed by atoms with van der Waals surface area (Å²) in [5, 5.41) is 1.54. The van der Waals surface area contributed by atoms with Crippen LogP contribution in [0.2, 0.25) is 6.32 Å². The molecule has 1 aliphatic carbocycles. The maximum absolute atomic E-state index is 16.7. The van der Waals surface area contributed by atoms with E-state index in [1.165, 1.54) is 33.3 Å². The second-order valence-electron chi connectivity index (χ2n) is 22.0. The lowest BCUT2D eigenvalue weighted by molar-refractivity contribution is -0.139. The Balaban J connectivity index is 0.00000188. The molecule has 3 atom stereocenters. The molecule has 0 spiro atoms. The predicted octanol–water partition coefficient (Wildman–Crippen LogP) is 15.1. The van der Waals surface area contributed by atoms with Gasteiger partial charge in [-0.15, -0.1) is 6.32 Å². The Bertz CT molecular complexity index is 2600. The number of fused-ring (bicyclic) bond motifs is 1. The molecule has 6 rings (SSSR count). The summed E-state index contributed by atoms with van der Waals surface area (Å²) in [6, 6.07) is 4.17. The van der Waals surface area contributed by atoms with Crippen molar-refractivity contribution in [1.82, 2.24) is 0 Å². The third-order valence-corrected chi connectivity index (χ3v) is 20.1. The van der Waals surface area contributed by atoms with Crippen LogP contribution >= 0.6 is 6.89 Å². The smallest absolute Gasteiger partial charge is 0.317 e. The van der Waals surface area contributed by atoms with E-state index in [-0.39, 0.29) is 47.2 Å². The molecule has 73 heavy (non-hydrogen) atoms. The molecule has 1 fully saturated rings. The van der Waals surface area contributed by atoms with Crippen LogP contribution in [0.15, 0.2) is 46.9 Å². The van der Waals surface area contributed by atoms with E-state index in [4.69, 9.17) is 14.1 Å². The highest BCUT2D eigenvalue weighted by atomic mass is 31.2. The third-order valence-electron chi connectivity index (χ3n) is 15.0. The number of unbranched alkanes of at least 4 members (excludes halogenated alkanes) is 2. The zero-order valence-electron chi connectivity index (χ0n) is 45.3. The van der Waals surface area contributed by atoms with E-state index in [0.29, 0.717) is 0 Å². The number of carbonyl (C=O) groups excluding carboxylic acids is 1. The summed E-state index contributed by atoms with van der Waals surface area (Å²) in [6.07, 6.45) is 2.02. The van der Waals surface area contributed by atoms with Gasteiger partial charge < -0.3 is 14.1 Å². The molecule has 2 aliphatic heterocycles. The van der Waals surface area contributed by atoms with Gasteiger partial charge in [-0.1, -0.05) is 105 Å². The SMILES string of the molecule is CCCCC.COC(=O)[C@H]1C2=C(OC)O[B-](c3c(F)c(F)c(F)c(F)c3F)(c3c(F)c(F)c(F)c(F)c3F)C[C@@]2(C)C[P@@]1(=C1C(C(C)C)=C[C+](C(C)C)C=C1C(C)C)c1c(C(C)C)cc(C(C)C)cc1C(C)C. The van der Waals surface area contributed by atoms with Crippen molar-refractivity contribution in [1.29, 1.82) is 0 Å². The number of carbonyl (C=O) groups is 1. The van der Waals surface area contributed by atoms with Crippen molar-refractivity contribution in [2.75, 3.05) is 20.4 Å². The first-order valence-corrected chi connectivity index (χ1v) is 27.5. The molecule has 0 amide bonds. The number of methoxy groups -OCH3 is 2. The first kappa shape index (κ1) is 59.4. The van der Waals surface area contributed by atoms with Crippen molar-refractivity contribution >= 4 is 40.7 Å². The molecule has 16 heteroatoms. The molecular weight excluding hydrogens is 980 g/mol. The van der Waals surface area contributed by atoms with E-state index in [1.54, 1.807) is 0 Å². The van der Waals surface area contributed by atoms with Gasteiger partial charge in [0, 0.05) is 23.3 Å². The molecule has 402 valence electrons. The van der Waals surface area contributed by atoms with Crippen LogP contribution in [0.25, 0.3) is 0 Å². The molecule has 3 aromatic carbocycles. The molecule has 2 heterocycles. The van der Waals surface area contributed by atoms with Crippen LogP contribution in [0.4, 0.5) is 43.9 Å². The average Bonchev–Trinajstić information content (AvgIpc) is 3.61. The monoisotopic (exact) mass is 1050 g/mol. The molecule has 1 saturated heterocycles. The van der Waals surface area contributed by atoms with E-state index in [2.05, 4.69) is 38.1 Å². The summed E-state index contributed by atoms with van der Waals surface area (Å²) >= 11 is 0. The van der Waals surface area contributed by atoms with Gasteiger partial charge >= 0.3 is 5.97 Å². The van der Waals surface area contributed by atoms with E-state index >= 15 is 39.9 Å². The van der Waals surface area contributed by atoms with Crippen molar-refractivity contribution in [2.45, 2.75) is 153 Å². The number of halogens is 10. The molecule has 0 unspecified atom stereocenters. The Kier molecular flexibility index (Phi) is 18.2. The highest BCUT2D eigenvalue weighted by molar-refractivity contribution is 7.86. The van der Waals surface area contributed by atoms with Crippen LogP contribution < -0.4 is 16.2 Å². The van der Waals surface area contributed by atoms with Gasteiger partial charge in [-0.25, -0.2) is 43.9 Å². The molecular formula is C57H72BF10O4P. The topological polar surface area (TPSA) is 44.8 Å². The van der Waals surface area contributed by atoms with E-state index < -0.39 is 112 Å². The highest BCUT2D eigenvalue weighted by Gasteiger charge is 2.65. The number of esters is 1. The standard InChI is InChI=1S/C52H60BF10O4P.C5H12/c1-22(2)28-16-30(24(5)6)47(31(17-28)25(7)8)68(48-32(26(9)10)18-29(23(3)4)19-33(48)27(11)12)21-52(13)20-53(35-37(54)41(58)45(62)42(59)38(35)55,36-39(56)43(60)46(63)44(61)40(36)57)67-51(66-15)34(52)49(68)50(64)65-14;1-3-5-4-2/h16-19,22-27,49H,20-21H2,1-15H3;3-5H2,1-2H3/t49-,52+;/m1./s1. The van der Waals surface area contributed by atoms with Gasteiger partial charge in [0.05, 0.1) is 48.7 Å². The lowest BCUT2D eigenvalue weighted by Gasteiger charge is -2.52. The Morgan fingerprint density at radius 2 is 1.05 bits per heavy atom. The van der Waals surface area contributed by atoms with Gasteiger partial charge in [0.2, 0.25) is 12.3 Å². The van der Waals surface area contributed by atoms with Crippen LogP contribution in [-0.2, 0) is 18.9 Å². The minimum Gasteiger partial charge on any atom is -0.679 e. The molecule has 3 aliphatic rings. The molecule has 0 radical (unpaired) electrons. The summed E-state index contributed by atoms with van der Waals surface area (Å²) in [5.41, 5.74) is -2.93. The Morgan fingerprint density at radius 1 is 0.658 bits per heavy atom. The lowest BCUT2D eigenvalue weighted by Crippen LogP contribution is -2.69. The number of hydrogen-bond acceptors (Lipinski definition) is 4. The molecule has 0 aromatic heterocycles. The van der Waals surface area contributed by atoms with Gasteiger partial charge in [0.1, 0.15) is 28.9 Å². The molecule has 0 bridgehead atoms. The Labute approximate surface area is 426 Å². The van der Waals surface area contributed by atoms with Gasteiger partial charge in [-0.3, -0.25) is 4.79 Å². The summed E-state index contributed by atoms with van der Waals surface area (Å²) in [4.78, 5) is 15.4. The van der Waals surface area contributed by atoms with Crippen LogP contribution in [0.3, 0.4) is 0 Å². The zero-order chi connectivity index (χ0) is 55.3. The van der Waals surface area contributed by atoms with E-state index in [9.17, 15) is 8.78 Å². The minimum atomic E-state index is -4.83. The highest BCUT2D eigenvalue weighted by Crippen LogP contribution is 2.74. The first-order chi connectivity index (χ1) is 33.9. The summed E-state index contributed by atoms with van der Waals surface area (Å²) in [6.45, 7) is 26.3. The predicted molar refractivity (Wildman–Crippen MR) is 276 cm³/mol. The second-order valence-corrected chi connectivity index (χ2v) is 25.5. The van der Waals surface area contributed by atoms with Crippen LogP contribution in [0.1, 0.15) is 158 Å². The quantitative estimate of drug-likeness (QED) is 0.0325. The molecule has 3 aromatic rings. The van der Waals surface area contributed by atoms with E-state index in [1.807, 2.05) is 83.1 Å². The number of hydrogen-bond donors (Lipinski definition) is 0. The lowest BCUT2D eigenvalue weighted by atomic mass is 9.26. The molecule has 4 nitrogen and oxygen atoms in total. The third kappa shape index (κ3) is 9.96. The van der Waals surface area contributed by atoms with E-state index in [0.717, 1.165) is 51.5 Å². The zero-order valence-corrected chi connectivity index (χ0v) is 46.2. The number of ether oxygens (including phenoxy) is 2. The molecule has 0 N–H and O–H groups in total. The molecule has 0 saturated carbocycles. The fourth-order valence-electron chi connectivity index (χ4n) is 11.5. The van der Waals surface area contributed by atoms with Gasteiger partial charge in [0.15, 0.2) is 34.9 Å². The van der Waals surface area contributed by atoms with Crippen LogP contribution in [0, 0.1) is 87.3 Å². The van der Waals surface area contributed by atoms with Gasteiger partial charge in [-0.05, 0) is 99.8 Å². The largest absolute Gasteiger partial charge is 0.679 e. The van der Waals surface area contributed by atoms with Crippen molar-refractivity contribution in [3.05, 3.63) is 128 Å². The van der Waals surface area contributed by atoms with Crippen LogP contribution in [-0.4, -0.2) is 43.7 Å². The van der Waals surface area contributed by atoms with Crippen molar-refractivity contribution in [3.63, 3.8) is 0 Å². The van der Waals surface area contributed by atoms with Crippen molar-refractivity contribution in [3.8, 4) is 0 Å². The van der Waals surface area contributed by atoms with Crippen molar-refractivity contribution < 1.29 is 62.8 Å². The number of benzene rings is 3. The maximum Gasteiger partial charge on any atom is 0.317 e. The van der Waals surface area contributed by atoms with Gasteiger partial charge in [0.25, 0.3) is 0 Å². The van der Waals surface area contributed by atoms with Crippen LogP contribution in [0.5, 0.6) is 0 Å². The Morgan fingerprint density at radius 3 is 1.36 bits per heavy atom. The number of rotatable bonds is 13. The minimum absolute atomic E-state index is 0.0262. The van der Waals surface area contributed by atoms with Crippen molar-refractivity contribution in [2.24, 2.45) is 23.2 Å². The summed E-state index contributed by atoms with van der Waals surface area (Å²) < 4.78 is 177. The maximum atomic E-state index is 16.7. The normalized spacial score (nSPS) is 20.8.